The van der Waals surface area contributed by atoms with Crippen molar-refractivity contribution in [3.8, 4) is 33.8 Å². The van der Waals surface area contributed by atoms with E-state index in [0.29, 0.717) is 29.5 Å². The number of thiophene rings is 1. The first-order valence-corrected chi connectivity index (χ1v) is 8.98. The van der Waals surface area contributed by atoms with Crippen molar-refractivity contribution in [2.75, 3.05) is 6.79 Å². The summed E-state index contributed by atoms with van der Waals surface area (Å²) < 4.78 is 16.7. The van der Waals surface area contributed by atoms with E-state index in [1.807, 2.05) is 47.8 Å². The number of nitrogens with two attached hydrogens (primary N) is 1. The average molecular weight is 364 g/mol. The predicted molar refractivity (Wildman–Crippen MR) is 99.3 cm³/mol. The molecular weight excluding hydrogens is 348 g/mol. The van der Waals surface area contributed by atoms with E-state index in [4.69, 9.17) is 19.9 Å². The van der Waals surface area contributed by atoms with Crippen molar-refractivity contribution in [3.63, 3.8) is 0 Å². The maximum Gasteiger partial charge on any atom is 0.231 e. The molecule has 0 radical (unpaired) electrons. The van der Waals surface area contributed by atoms with E-state index in [-0.39, 0.29) is 6.79 Å². The summed E-state index contributed by atoms with van der Waals surface area (Å²) in [5, 5.41) is 12.2. The number of nitrogens with zero attached hydrogens (tertiary/aromatic N) is 1. The average Bonchev–Trinajstić information content (AvgIpc) is 3.32. The third-order valence-corrected chi connectivity index (χ3v) is 5.07. The second-order valence-corrected chi connectivity index (χ2v) is 6.64. The van der Waals surface area contributed by atoms with Crippen molar-refractivity contribution in [2.24, 2.45) is 5.73 Å². The zero-order chi connectivity index (χ0) is 17.9. The molecule has 0 aliphatic carbocycles. The third kappa shape index (κ3) is 3.10. The van der Waals surface area contributed by atoms with Crippen LogP contribution in [-0.4, -0.2) is 6.79 Å². The molecule has 0 fully saturated rings. The third-order valence-electron chi connectivity index (χ3n) is 4.18. The molecule has 2 N–H and O–H groups in total. The van der Waals surface area contributed by atoms with E-state index in [1.54, 1.807) is 0 Å². The monoisotopic (exact) mass is 364 g/mol. The van der Waals surface area contributed by atoms with Crippen LogP contribution in [-0.2, 0) is 13.2 Å². The maximum atomic E-state index is 9.62. The van der Waals surface area contributed by atoms with Gasteiger partial charge in [0.1, 0.15) is 18.2 Å². The van der Waals surface area contributed by atoms with Crippen molar-refractivity contribution < 1.29 is 14.2 Å². The van der Waals surface area contributed by atoms with Crippen LogP contribution in [0.15, 0.2) is 47.8 Å². The van der Waals surface area contributed by atoms with Gasteiger partial charge in [0.2, 0.25) is 6.79 Å². The molecule has 0 bridgehead atoms. The molecule has 0 atom stereocenters. The Labute approximate surface area is 155 Å². The second-order valence-electron chi connectivity index (χ2n) is 5.80. The van der Waals surface area contributed by atoms with Crippen LogP contribution in [0.25, 0.3) is 11.1 Å². The Kier molecular flexibility index (Phi) is 4.48. The number of benzene rings is 2. The normalized spacial score (nSPS) is 12.0. The van der Waals surface area contributed by atoms with Crippen molar-refractivity contribution in [1.82, 2.24) is 0 Å². The van der Waals surface area contributed by atoms with Gasteiger partial charge in [0.05, 0.1) is 0 Å². The summed E-state index contributed by atoms with van der Waals surface area (Å²) in [5.74, 6) is 1.42. The molecular formula is C20H16N2O3S. The van der Waals surface area contributed by atoms with Crippen LogP contribution in [0.3, 0.4) is 0 Å². The molecule has 0 unspecified atom stereocenters. The lowest BCUT2D eigenvalue weighted by Gasteiger charge is -2.06. The van der Waals surface area contributed by atoms with Gasteiger partial charge in [-0.3, -0.25) is 0 Å². The smallest absolute Gasteiger partial charge is 0.231 e. The Balaban J connectivity index is 1.55. The highest BCUT2D eigenvalue weighted by molar-refractivity contribution is 7.12. The van der Waals surface area contributed by atoms with Crippen LogP contribution in [0.5, 0.6) is 16.6 Å². The number of ether oxygens (including phenoxy) is 3. The van der Waals surface area contributed by atoms with E-state index < -0.39 is 0 Å². The SMILES string of the molecule is N#Cc1c(-c2ccc3c(c2)OCO3)csc1OCc1ccc(CN)cc1. The fourth-order valence-electron chi connectivity index (χ4n) is 2.75. The first-order valence-electron chi connectivity index (χ1n) is 8.11. The van der Waals surface area contributed by atoms with E-state index in [1.165, 1.54) is 11.3 Å². The van der Waals surface area contributed by atoms with Crippen molar-refractivity contribution >= 4 is 11.3 Å². The number of hydrogen-bond donors (Lipinski definition) is 1. The topological polar surface area (TPSA) is 77.5 Å². The van der Waals surface area contributed by atoms with Gasteiger partial charge in [0.25, 0.3) is 0 Å². The van der Waals surface area contributed by atoms with E-state index in [9.17, 15) is 5.26 Å². The highest BCUT2D eigenvalue weighted by atomic mass is 32.1. The molecule has 130 valence electrons. The zero-order valence-electron chi connectivity index (χ0n) is 13.9. The predicted octanol–water partition coefficient (Wildman–Crippen LogP) is 4.05. The molecule has 26 heavy (non-hydrogen) atoms. The molecule has 1 aromatic heterocycles. The number of rotatable bonds is 5. The molecule has 0 saturated carbocycles. The molecule has 0 spiro atoms. The Morgan fingerprint density at radius 1 is 1.08 bits per heavy atom. The van der Waals surface area contributed by atoms with Gasteiger partial charge in [0, 0.05) is 17.5 Å². The Morgan fingerprint density at radius 2 is 1.85 bits per heavy atom. The zero-order valence-corrected chi connectivity index (χ0v) is 14.7. The van der Waals surface area contributed by atoms with Gasteiger partial charge < -0.3 is 19.9 Å². The van der Waals surface area contributed by atoms with Crippen LogP contribution in [0.1, 0.15) is 16.7 Å². The minimum atomic E-state index is 0.227. The summed E-state index contributed by atoms with van der Waals surface area (Å²) in [4.78, 5) is 0. The summed E-state index contributed by atoms with van der Waals surface area (Å²) in [5.41, 5.74) is 10.00. The summed E-state index contributed by atoms with van der Waals surface area (Å²) in [7, 11) is 0. The lowest BCUT2D eigenvalue weighted by molar-refractivity contribution is 0.174. The Hall–Kier alpha value is -3.01. The standard InChI is InChI=1S/C20H16N2O3S/c21-8-13-1-3-14(4-2-13)10-23-20-16(9-22)17(11-26-20)15-5-6-18-19(7-15)25-12-24-18/h1-7,11H,8,10,12,21H2. The van der Waals surface area contributed by atoms with Gasteiger partial charge in [-0.25, -0.2) is 0 Å². The fraction of sp³-hybridized carbons (Fsp3) is 0.150. The molecule has 3 aromatic rings. The molecule has 0 saturated heterocycles. The molecule has 4 rings (SSSR count). The molecule has 1 aliphatic rings. The number of fused-ring (bicyclic) bond motifs is 1. The number of hydrogen-bond acceptors (Lipinski definition) is 6. The van der Waals surface area contributed by atoms with Gasteiger partial charge in [0.15, 0.2) is 16.6 Å². The summed E-state index contributed by atoms with van der Waals surface area (Å²) in [6.07, 6.45) is 0. The molecule has 2 heterocycles. The van der Waals surface area contributed by atoms with Crippen LogP contribution < -0.4 is 19.9 Å². The summed E-state index contributed by atoms with van der Waals surface area (Å²) in [6.45, 7) is 1.15. The molecule has 2 aromatic carbocycles. The van der Waals surface area contributed by atoms with Gasteiger partial charge in [-0.05, 0) is 28.8 Å². The fourth-order valence-corrected chi connectivity index (χ4v) is 3.63. The quantitative estimate of drug-likeness (QED) is 0.739. The van der Waals surface area contributed by atoms with Gasteiger partial charge in [-0.1, -0.05) is 30.3 Å². The van der Waals surface area contributed by atoms with E-state index in [2.05, 4.69) is 6.07 Å². The van der Waals surface area contributed by atoms with E-state index >= 15 is 0 Å². The summed E-state index contributed by atoms with van der Waals surface area (Å²) >= 11 is 1.42. The Morgan fingerprint density at radius 3 is 2.62 bits per heavy atom. The van der Waals surface area contributed by atoms with Crippen LogP contribution >= 0.6 is 11.3 Å². The minimum absolute atomic E-state index is 0.227. The van der Waals surface area contributed by atoms with Gasteiger partial charge >= 0.3 is 0 Å². The van der Waals surface area contributed by atoms with Crippen LogP contribution in [0, 0.1) is 11.3 Å². The van der Waals surface area contributed by atoms with Gasteiger partial charge in [-0.2, -0.15) is 5.26 Å². The summed E-state index contributed by atoms with van der Waals surface area (Å²) in [6, 6.07) is 15.9. The largest absolute Gasteiger partial charge is 0.478 e. The number of nitriles is 1. The Bertz CT molecular complexity index is 974. The van der Waals surface area contributed by atoms with Crippen LogP contribution in [0.4, 0.5) is 0 Å². The molecule has 0 amide bonds. The molecule has 5 nitrogen and oxygen atoms in total. The first kappa shape index (κ1) is 16.5. The maximum absolute atomic E-state index is 9.62. The van der Waals surface area contributed by atoms with Crippen molar-refractivity contribution in [1.29, 1.82) is 5.26 Å². The van der Waals surface area contributed by atoms with E-state index in [0.717, 1.165) is 28.0 Å². The van der Waals surface area contributed by atoms with Crippen molar-refractivity contribution in [3.05, 3.63) is 64.5 Å². The first-order chi connectivity index (χ1) is 12.8. The second kappa shape index (κ2) is 7.08. The lowest BCUT2D eigenvalue weighted by Crippen LogP contribution is -1.98. The van der Waals surface area contributed by atoms with Crippen LogP contribution in [0.2, 0.25) is 0 Å². The highest BCUT2D eigenvalue weighted by Crippen LogP contribution is 2.41. The van der Waals surface area contributed by atoms with Crippen molar-refractivity contribution in [2.45, 2.75) is 13.2 Å². The molecule has 6 heteroatoms. The molecule has 1 aliphatic heterocycles. The lowest BCUT2D eigenvalue weighted by atomic mass is 10.0. The highest BCUT2D eigenvalue weighted by Gasteiger charge is 2.18. The minimum Gasteiger partial charge on any atom is -0.478 e. The van der Waals surface area contributed by atoms with Gasteiger partial charge in [-0.15, -0.1) is 11.3 Å².